The van der Waals surface area contributed by atoms with E-state index in [2.05, 4.69) is 26.1 Å². The average molecular weight is 268 g/mol. The molecular weight excluding hydrogens is 240 g/mol. The predicted molar refractivity (Wildman–Crippen MR) is 76.7 cm³/mol. The van der Waals surface area contributed by atoms with Crippen molar-refractivity contribution in [3.63, 3.8) is 0 Å². The van der Waals surface area contributed by atoms with Crippen molar-refractivity contribution in [3.8, 4) is 0 Å². The van der Waals surface area contributed by atoms with E-state index in [9.17, 15) is 9.59 Å². The van der Waals surface area contributed by atoms with Crippen molar-refractivity contribution < 1.29 is 9.59 Å². The zero-order valence-corrected chi connectivity index (χ0v) is 13.1. The molecule has 19 heavy (non-hydrogen) atoms. The highest BCUT2D eigenvalue weighted by molar-refractivity contribution is 5.99. The van der Waals surface area contributed by atoms with Gasteiger partial charge in [-0.25, -0.2) is 0 Å². The van der Waals surface area contributed by atoms with Gasteiger partial charge in [0.05, 0.1) is 0 Å². The van der Waals surface area contributed by atoms with Gasteiger partial charge in [0.25, 0.3) is 0 Å². The van der Waals surface area contributed by atoms with Crippen molar-refractivity contribution in [2.24, 2.45) is 5.92 Å². The molecule has 0 aromatic carbocycles. The molecule has 3 unspecified atom stereocenters. The van der Waals surface area contributed by atoms with Gasteiger partial charge in [0, 0.05) is 6.04 Å². The highest BCUT2D eigenvalue weighted by Crippen LogP contribution is 2.29. The van der Waals surface area contributed by atoms with Gasteiger partial charge in [0.1, 0.15) is 11.6 Å². The van der Waals surface area contributed by atoms with E-state index in [4.69, 9.17) is 0 Å². The first-order valence-electron chi connectivity index (χ1n) is 7.42. The Morgan fingerprint density at radius 2 is 1.84 bits per heavy atom. The van der Waals surface area contributed by atoms with Crippen LogP contribution in [-0.2, 0) is 9.59 Å². The van der Waals surface area contributed by atoms with Gasteiger partial charge in [0.15, 0.2) is 0 Å². The lowest BCUT2D eigenvalue weighted by atomic mass is 9.87. The molecule has 4 heteroatoms. The minimum absolute atomic E-state index is 0.0134. The number of carbonyl (C=O) groups excluding carboxylic acids is 2. The van der Waals surface area contributed by atoms with Crippen LogP contribution in [0.15, 0.2) is 0 Å². The van der Waals surface area contributed by atoms with Gasteiger partial charge in [0.2, 0.25) is 11.8 Å². The van der Waals surface area contributed by atoms with Gasteiger partial charge in [-0.1, -0.05) is 27.7 Å². The normalized spacial score (nSPS) is 29.6. The summed E-state index contributed by atoms with van der Waals surface area (Å²) in [5.74, 6) is 0.451. The van der Waals surface area contributed by atoms with Crippen molar-refractivity contribution >= 4 is 11.8 Å². The molecule has 3 atom stereocenters. The summed E-state index contributed by atoms with van der Waals surface area (Å²) in [6, 6.07) is -0.265. The van der Waals surface area contributed by atoms with Crippen LogP contribution in [0.4, 0.5) is 0 Å². The van der Waals surface area contributed by atoms with Crippen molar-refractivity contribution in [2.45, 2.75) is 78.4 Å². The van der Waals surface area contributed by atoms with E-state index in [1.165, 1.54) is 0 Å². The minimum Gasteiger partial charge on any atom is -0.342 e. The van der Waals surface area contributed by atoms with Crippen molar-refractivity contribution in [1.82, 2.24) is 10.2 Å². The summed E-state index contributed by atoms with van der Waals surface area (Å²) in [7, 11) is 0. The number of piperazine rings is 1. The van der Waals surface area contributed by atoms with Crippen LogP contribution < -0.4 is 5.32 Å². The van der Waals surface area contributed by atoms with Crippen LogP contribution in [0.5, 0.6) is 0 Å². The molecule has 1 saturated heterocycles. The zero-order valence-electron chi connectivity index (χ0n) is 13.1. The third kappa shape index (κ3) is 2.93. The zero-order chi connectivity index (χ0) is 14.8. The number of hydrogen-bond acceptors (Lipinski definition) is 2. The SMILES string of the molecule is CCC(C)N1C(=O)C(CC(C)C)NC(=O)C1(C)CC. The van der Waals surface area contributed by atoms with E-state index < -0.39 is 5.54 Å². The van der Waals surface area contributed by atoms with Gasteiger partial charge in [-0.15, -0.1) is 0 Å². The maximum atomic E-state index is 12.7. The molecule has 4 nitrogen and oxygen atoms in total. The molecule has 0 aliphatic carbocycles. The summed E-state index contributed by atoms with van der Waals surface area (Å²) < 4.78 is 0. The van der Waals surface area contributed by atoms with Gasteiger partial charge >= 0.3 is 0 Å². The first-order chi connectivity index (χ1) is 8.77. The summed E-state index contributed by atoms with van der Waals surface area (Å²) >= 11 is 0. The van der Waals surface area contributed by atoms with Gasteiger partial charge in [-0.3, -0.25) is 9.59 Å². The molecule has 1 rings (SSSR count). The van der Waals surface area contributed by atoms with Crippen LogP contribution in [0.3, 0.4) is 0 Å². The summed E-state index contributed by atoms with van der Waals surface area (Å²) in [6.45, 7) is 12.1. The minimum atomic E-state index is -0.708. The number of amides is 2. The summed E-state index contributed by atoms with van der Waals surface area (Å²) in [5.41, 5.74) is -0.708. The van der Waals surface area contributed by atoms with Crippen molar-refractivity contribution in [2.75, 3.05) is 0 Å². The first kappa shape index (κ1) is 16.0. The van der Waals surface area contributed by atoms with E-state index in [-0.39, 0.29) is 23.9 Å². The highest BCUT2D eigenvalue weighted by atomic mass is 16.2. The van der Waals surface area contributed by atoms with Crippen LogP contribution in [0.2, 0.25) is 0 Å². The average Bonchev–Trinajstić information content (AvgIpc) is 2.35. The smallest absolute Gasteiger partial charge is 0.246 e. The molecule has 0 aromatic rings. The molecule has 1 aliphatic rings. The second-order valence-electron chi connectivity index (χ2n) is 6.25. The van der Waals surface area contributed by atoms with Gasteiger partial charge < -0.3 is 10.2 Å². The molecule has 1 aliphatic heterocycles. The van der Waals surface area contributed by atoms with E-state index in [0.717, 1.165) is 6.42 Å². The predicted octanol–water partition coefficient (Wildman–Crippen LogP) is 2.33. The molecule has 0 aromatic heterocycles. The number of rotatable bonds is 5. The van der Waals surface area contributed by atoms with Gasteiger partial charge in [-0.2, -0.15) is 0 Å². The number of nitrogens with one attached hydrogen (secondary N) is 1. The summed E-state index contributed by atoms with van der Waals surface area (Å²) in [6.07, 6.45) is 2.21. The fourth-order valence-electron chi connectivity index (χ4n) is 2.74. The van der Waals surface area contributed by atoms with Crippen LogP contribution in [0.1, 0.15) is 60.8 Å². The molecule has 1 fully saturated rings. The number of carbonyl (C=O) groups is 2. The molecule has 0 radical (unpaired) electrons. The van der Waals surface area contributed by atoms with Crippen LogP contribution in [0.25, 0.3) is 0 Å². The Bertz CT molecular complexity index is 354. The van der Waals surface area contributed by atoms with E-state index in [1.807, 2.05) is 25.7 Å². The molecular formula is C15H28N2O2. The second kappa shape index (κ2) is 5.93. The van der Waals surface area contributed by atoms with E-state index in [0.29, 0.717) is 18.8 Å². The number of hydrogen-bond donors (Lipinski definition) is 1. The molecule has 0 saturated carbocycles. The maximum absolute atomic E-state index is 12.7. The highest BCUT2D eigenvalue weighted by Gasteiger charge is 2.49. The Balaban J connectivity index is 3.09. The molecule has 110 valence electrons. The fraction of sp³-hybridized carbons (Fsp3) is 0.867. The third-order valence-electron chi connectivity index (χ3n) is 4.29. The molecule has 0 spiro atoms. The number of nitrogens with zero attached hydrogens (tertiary/aromatic N) is 1. The molecule has 1 N–H and O–H groups in total. The van der Waals surface area contributed by atoms with Crippen LogP contribution >= 0.6 is 0 Å². The van der Waals surface area contributed by atoms with Crippen molar-refractivity contribution in [1.29, 1.82) is 0 Å². The molecule has 0 bridgehead atoms. The summed E-state index contributed by atoms with van der Waals surface area (Å²) in [5, 5.41) is 2.92. The fourth-order valence-corrected chi connectivity index (χ4v) is 2.74. The molecule has 2 amide bonds. The Labute approximate surface area is 116 Å². The van der Waals surface area contributed by atoms with Crippen LogP contribution in [-0.4, -0.2) is 34.3 Å². The standard InChI is InChI=1S/C15H28N2O2/c1-7-11(5)17-13(18)12(9-10(3)4)16-14(19)15(17,6)8-2/h10-12H,7-9H2,1-6H3,(H,16,19). The third-order valence-corrected chi connectivity index (χ3v) is 4.29. The topological polar surface area (TPSA) is 49.4 Å². The van der Waals surface area contributed by atoms with Gasteiger partial charge in [-0.05, 0) is 39.0 Å². The summed E-state index contributed by atoms with van der Waals surface area (Å²) in [4.78, 5) is 26.9. The lowest BCUT2D eigenvalue weighted by Crippen LogP contribution is -2.71. The molecule has 1 heterocycles. The lowest BCUT2D eigenvalue weighted by molar-refractivity contribution is -0.160. The van der Waals surface area contributed by atoms with Crippen molar-refractivity contribution in [3.05, 3.63) is 0 Å². The monoisotopic (exact) mass is 268 g/mol. The largest absolute Gasteiger partial charge is 0.342 e. The second-order valence-corrected chi connectivity index (χ2v) is 6.25. The van der Waals surface area contributed by atoms with E-state index in [1.54, 1.807) is 0 Å². The lowest BCUT2D eigenvalue weighted by Gasteiger charge is -2.49. The Morgan fingerprint density at radius 1 is 1.26 bits per heavy atom. The Kier molecular flexibility index (Phi) is 4.99. The Hall–Kier alpha value is -1.06. The van der Waals surface area contributed by atoms with E-state index >= 15 is 0 Å². The Morgan fingerprint density at radius 3 is 2.26 bits per heavy atom. The van der Waals surface area contributed by atoms with Crippen LogP contribution in [0, 0.1) is 5.92 Å². The maximum Gasteiger partial charge on any atom is 0.246 e. The first-order valence-corrected chi connectivity index (χ1v) is 7.42. The quantitative estimate of drug-likeness (QED) is 0.832.